The van der Waals surface area contributed by atoms with Gasteiger partial charge in [-0.05, 0) is 30.9 Å². The lowest BCUT2D eigenvalue weighted by Crippen LogP contribution is -2.28. The van der Waals surface area contributed by atoms with Crippen LogP contribution in [0.4, 0.5) is 0 Å². The average molecular weight is 261 g/mol. The van der Waals surface area contributed by atoms with Crippen molar-refractivity contribution in [3.8, 4) is 11.5 Å². The van der Waals surface area contributed by atoms with E-state index in [9.17, 15) is 0 Å². The molecule has 4 nitrogen and oxygen atoms in total. The zero-order valence-electron chi connectivity index (χ0n) is 12.2. The molecule has 0 spiro atoms. The molecule has 2 aromatic rings. The van der Waals surface area contributed by atoms with E-state index in [-0.39, 0.29) is 0 Å². The normalized spacial score (nSPS) is 12.0. The first kappa shape index (κ1) is 13.9. The Labute approximate surface area is 114 Å². The number of furan rings is 1. The van der Waals surface area contributed by atoms with E-state index >= 15 is 0 Å². The largest absolute Gasteiger partial charge is 0.460 e. The van der Waals surface area contributed by atoms with Crippen molar-refractivity contribution in [2.45, 2.75) is 40.7 Å². The third-order valence-electron chi connectivity index (χ3n) is 3.58. The molecule has 2 heterocycles. The number of aromatic amines is 1. The summed E-state index contributed by atoms with van der Waals surface area (Å²) in [5.74, 6) is 1.76. The van der Waals surface area contributed by atoms with Gasteiger partial charge in [-0.2, -0.15) is 5.10 Å². The predicted molar refractivity (Wildman–Crippen MR) is 76.8 cm³/mol. The smallest absolute Gasteiger partial charge is 0.152 e. The molecule has 19 heavy (non-hydrogen) atoms. The molecule has 2 N–H and O–H groups in total. The van der Waals surface area contributed by atoms with Gasteiger partial charge in [-0.3, -0.25) is 5.10 Å². The zero-order valence-corrected chi connectivity index (χ0v) is 12.2. The number of nitrogens with one attached hydrogen (secondary N) is 2. The Morgan fingerprint density at radius 1 is 1.37 bits per heavy atom. The van der Waals surface area contributed by atoms with Crippen molar-refractivity contribution in [3.63, 3.8) is 0 Å². The van der Waals surface area contributed by atoms with Gasteiger partial charge in [-0.15, -0.1) is 0 Å². The minimum absolute atomic E-state index is 0.325. The second kappa shape index (κ2) is 5.61. The summed E-state index contributed by atoms with van der Waals surface area (Å²) in [6, 6.07) is 3.94. The molecule has 0 aromatic carbocycles. The van der Waals surface area contributed by atoms with E-state index in [1.54, 1.807) is 0 Å². The summed E-state index contributed by atoms with van der Waals surface area (Å²) in [4.78, 5) is 0. The van der Waals surface area contributed by atoms with Crippen molar-refractivity contribution in [3.05, 3.63) is 29.7 Å². The summed E-state index contributed by atoms with van der Waals surface area (Å²) in [6.45, 7) is 10.5. The second-order valence-corrected chi connectivity index (χ2v) is 5.80. The van der Waals surface area contributed by atoms with Crippen LogP contribution in [0.2, 0.25) is 0 Å². The van der Waals surface area contributed by atoms with E-state index < -0.39 is 0 Å². The highest BCUT2D eigenvalue weighted by Gasteiger charge is 2.15. The molecule has 0 aliphatic carbocycles. The SMILES string of the molecule is CCC(C)(C)CNCc1cn[nH]c1-c1ccc(C)o1. The summed E-state index contributed by atoms with van der Waals surface area (Å²) in [6.07, 6.45) is 3.02. The summed E-state index contributed by atoms with van der Waals surface area (Å²) < 4.78 is 5.64. The molecule has 0 aliphatic rings. The lowest BCUT2D eigenvalue weighted by atomic mass is 9.90. The molecule has 4 heteroatoms. The van der Waals surface area contributed by atoms with Gasteiger partial charge >= 0.3 is 0 Å². The number of hydrogen-bond acceptors (Lipinski definition) is 3. The van der Waals surface area contributed by atoms with Crippen LogP contribution in [-0.2, 0) is 6.54 Å². The van der Waals surface area contributed by atoms with Gasteiger partial charge in [0.25, 0.3) is 0 Å². The van der Waals surface area contributed by atoms with Crippen LogP contribution in [0.15, 0.2) is 22.7 Å². The molecule has 0 radical (unpaired) electrons. The number of H-pyrrole nitrogens is 1. The van der Waals surface area contributed by atoms with E-state index in [1.165, 1.54) is 0 Å². The molecule has 0 bridgehead atoms. The van der Waals surface area contributed by atoms with Crippen LogP contribution in [0.3, 0.4) is 0 Å². The maximum absolute atomic E-state index is 5.64. The fraction of sp³-hybridized carbons (Fsp3) is 0.533. The molecule has 0 saturated carbocycles. The van der Waals surface area contributed by atoms with Crippen LogP contribution in [0.5, 0.6) is 0 Å². The van der Waals surface area contributed by atoms with Gasteiger partial charge in [0.05, 0.1) is 6.20 Å². The Morgan fingerprint density at radius 3 is 2.79 bits per heavy atom. The van der Waals surface area contributed by atoms with Crippen LogP contribution in [-0.4, -0.2) is 16.7 Å². The molecule has 0 atom stereocenters. The molecule has 0 aliphatic heterocycles. The van der Waals surface area contributed by atoms with Gasteiger partial charge in [-0.25, -0.2) is 0 Å². The molecule has 2 aromatic heterocycles. The minimum Gasteiger partial charge on any atom is -0.460 e. The Morgan fingerprint density at radius 2 is 2.16 bits per heavy atom. The van der Waals surface area contributed by atoms with E-state index in [0.29, 0.717) is 5.41 Å². The zero-order chi connectivity index (χ0) is 13.9. The van der Waals surface area contributed by atoms with Crippen molar-refractivity contribution >= 4 is 0 Å². The van der Waals surface area contributed by atoms with Crippen LogP contribution in [0.25, 0.3) is 11.5 Å². The molecule has 104 valence electrons. The molecule has 0 unspecified atom stereocenters. The fourth-order valence-electron chi connectivity index (χ4n) is 1.89. The molecule has 2 rings (SSSR count). The van der Waals surface area contributed by atoms with Crippen molar-refractivity contribution in [1.29, 1.82) is 0 Å². The summed E-state index contributed by atoms with van der Waals surface area (Å²) in [7, 11) is 0. The van der Waals surface area contributed by atoms with E-state index in [4.69, 9.17) is 4.42 Å². The van der Waals surface area contributed by atoms with E-state index in [1.807, 2.05) is 25.3 Å². The topological polar surface area (TPSA) is 53.9 Å². The first-order chi connectivity index (χ1) is 9.02. The molecule has 0 fully saturated rings. The molecule has 0 amide bonds. The average Bonchev–Trinajstić information content (AvgIpc) is 2.97. The van der Waals surface area contributed by atoms with Crippen LogP contribution in [0, 0.1) is 12.3 Å². The van der Waals surface area contributed by atoms with Gasteiger partial charge in [0.1, 0.15) is 11.5 Å². The van der Waals surface area contributed by atoms with Crippen molar-refractivity contribution in [2.24, 2.45) is 5.41 Å². The van der Waals surface area contributed by atoms with E-state index in [2.05, 4.69) is 36.3 Å². The van der Waals surface area contributed by atoms with Crippen LogP contribution in [0.1, 0.15) is 38.5 Å². The van der Waals surface area contributed by atoms with Crippen molar-refractivity contribution in [1.82, 2.24) is 15.5 Å². The lowest BCUT2D eigenvalue weighted by molar-refractivity contribution is 0.328. The number of aryl methyl sites for hydroxylation is 1. The highest BCUT2D eigenvalue weighted by atomic mass is 16.3. The Balaban J connectivity index is 2.01. The first-order valence-electron chi connectivity index (χ1n) is 6.81. The quantitative estimate of drug-likeness (QED) is 0.836. The van der Waals surface area contributed by atoms with Crippen molar-refractivity contribution in [2.75, 3.05) is 6.54 Å². The van der Waals surface area contributed by atoms with Gasteiger partial charge in [0, 0.05) is 18.7 Å². The number of hydrogen-bond donors (Lipinski definition) is 2. The van der Waals surface area contributed by atoms with Gasteiger partial charge in [0.2, 0.25) is 0 Å². The maximum atomic E-state index is 5.64. The van der Waals surface area contributed by atoms with Crippen LogP contribution < -0.4 is 5.32 Å². The molecular weight excluding hydrogens is 238 g/mol. The summed E-state index contributed by atoms with van der Waals surface area (Å²) in [5, 5.41) is 10.6. The Bertz CT molecular complexity index is 525. The molecular formula is C15H23N3O. The van der Waals surface area contributed by atoms with Gasteiger partial charge in [-0.1, -0.05) is 20.8 Å². The van der Waals surface area contributed by atoms with Gasteiger partial charge in [0.15, 0.2) is 5.76 Å². The highest BCUT2D eigenvalue weighted by molar-refractivity contribution is 5.56. The third kappa shape index (κ3) is 3.47. The molecule has 0 saturated heterocycles. The number of aromatic nitrogens is 2. The minimum atomic E-state index is 0.325. The monoisotopic (exact) mass is 261 g/mol. The van der Waals surface area contributed by atoms with Gasteiger partial charge < -0.3 is 9.73 Å². The Hall–Kier alpha value is -1.55. The maximum Gasteiger partial charge on any atom is 0.152 e. The summed E-state index contributed by atoms with van der Waals surface area (Å²) in [5.41, 5.74) is 2.43. The fourth-order valence-corrected chi connectivity index (χ4v) is 1.89. The summed E-state index contributed by atoms with van der Waals surface area (Å²) >= 11 is 0. The number of rotatable bonds is 6. The third-order valence-corrected chi connectivity index (χ3v) is 3.58. The predicted octanol–water partition coefficient (Wildman–Crippen LogP) is 3.50. The number of nitrogens with zero attached hydrogens (tertiary/aromatic N) is 1. The standard InChI is InChI=1S/C15H23N3O/c1-5-15(3,4)10-16-8-12-9-17-18-14(12)13-7-6-11(2)19-13/h6-7,9,16H,5,8,10H2,1-4H3,(H,17,18). The first-order valence-corrected chi connectivity index (χ1v) is 6.81. The lowest BCUT2D eigenvalue weighted by Gasteiger charge is -2.22. The second-order valence-electron chi connectivity index (χ2n) is 5.80. The van der Waals surface area contributed by atoms with E-state index in [0.717, 1.165) is 42.3 Å². The van der Waals surface area contributed by atoms with Crippen molar-refractivity contribution < 1.29 is 4.42 Å². The highest BCUT2D eigenvalue weighted by Crippen LogP contribution is 2.23. The van der Waals surface area contributed by atoms with Crippen LogP contribution >= 0.6 is 0 Å². The Kier molecular flexibility index (Phi) is 4.10.